The maximum atomic E-state index is 12.2. The average molecular weight is 387 g/mol. The minimum Gasteiger partial charge on any atom is -0.363 e. The second kappa shape index (κ2) is 8.34. The number of nitrogens with zero attached hydrogens (tertiary/aromatic N) is 5. The summed E-state index contributed by atoms with van der Waals surface area (Å²) in [6.07, 6.45) is 0. The van der Waals surface area contributed by atoms with Gasteiger partial charge in [0.05, 0.1) is 11.5 Å². The highest BCUT2D eigenvalue weighted by Gasteiger charge is 2.25. The van der Waals surface area contributed by atoms with E-state index in [1.54, 1.807) is 12.1 Å². The SMILES string of the molecule is Cc1nc(CN2CCN(c3ccc(C(=O)NC(C)C)cc3[N+](=O)[O-])CC2)n[nH]1. The zero-order valence-corrected chi connectivity index (χ0v) is 16.3. The van der Waals surface area contributed by atoms with Gasteiger partial charge >= 0.3 is 0 Å². The van der Waals surface area contributed by atoms with Crippen molar-refractivity contribution in [2.24, 2.45) is 0 Å². The number of amides is 1. The van der Waals surface area contributed by atoms with E-state index in [0.29, 0.717) is 30.9 Å². The van der Waals surface area contributed by atoms with Crippen molar-refractivity contribution in [1.82, 2.24) is 25.4 Å². The van der Waals surface area contributed by atoms with E-state index in [1.165, 1.54) is 6.07 Å². The van der Waals surface area contributed by atoms with Crippen LogP contribution in [0.5, 0.6) is 0 Å². The fraction of sp³-hybridized carbons (Fsp3) is 0.500. The van der Waals surface area contributed by atoms with Gasteiger partial charge in [-0.15, -0.1) is 0 Å². The van der Waals surface area contributed by atoms with Crippen LogP contribution < -0.4 is 10.2 Å². The van der Waals surface area contributed by atoms with Crippen LogP contribution in [0.1, 0.15) is 35.9 Å². The number of carbonyl (C=O) groups excluding carboxylic acids is 1. The molecule has 1 aromatic carbocycles. The number of nitro groups is 1. The summed E-state index contributed by atoms with van der Waals surface area (Å²) in [7, 11) is 0. The van der Waals surface area contributed by atoms with Crippen LogP contribution in [-0.4, -0.2) is 63.1 Å². The Balaban J connectivity index is 1.69. The van der Waals surface area contributed by atoms with Crippen LogP contribution in [0, 0.1) is 17.0 Å². The molecule has 150 valence electrons. The summed E-state index contributed by atoms with van der Waals surface area (Å²) in [4.78, 5) is 31.8. The topological polar surface area (TPSA) is 120 Å². The first-order chi connectivity index (χ1) is 13.3. The molecule has 3 rings (SSSR count). The zero-order chi connectivity index (χ0) is 20.3. The first-order valence-corrected chi connectivity index (χ1v) is 9.28. The van der Waals surface area contributed by atoms with Gasteiger partial charge in [0.1, 0.15) is 11.5 Å². The molecule has 1 aliphatic heterocycles. The summed E-state index contributed by atoms with van der Waals surface area (Å²) >= 11 is 0. The number of benzene rings is 1. The lowest BCUT2D eigenvalue weighted by Crippen LogP contribution is -2.46. The number of nitro benzene ring substituents is 1. The van der Waals surface area contributed by atoms with Crippen molar-refractivity contribution in [3.8, 4) is 0 Å². The van der Waals surface area contributed by atoms with E-state index in [2.05, 4.69) is 25.4 Å². The Hall–Kier alpha value is -3.01. The maximum Gasteiger partial charge on any atom is 0.293 e. The van der Waals surface area contributed by atoms with Gasteiger partial charge in [-0.25, -0.2) is 4.98 Å². The second-order valence-electron chi connectivity index (χ2n) is 7.19. The third kappa shape index (κ3) is 4.63. The van der Waals surface area contributed by atoms with E-state index in [0.717, 1.165) is 24.7 Å². The molecule has 1 saturated heterocycles. The fourth-order valence-electron chi connectivity index (χ4n) is 3.23. The number of aryl methyl sites for hydroxylation is 1. The van der Waals surface area contributed by atoms with Crippen LogP contribution in [0.4, 0.5) is 11.4 Å². The molecule has 2 N–H and O–H groups in total. The Morgan fingerprint density at radius 1 is 1.32 bits per heavy atom. The second-order valence-corrected chi connectivity index (χ2v) is 7.19. The quantitative estimate of drug-likeness (QED) is 0.569. The summed E-state index contributed by atoms with van der Waals surface area (Å²) in [5, 5.41) is 21.3. The standard InChI is InChI=1S/C18H25N7O3/c1-12(2)19-18(26)14-4-5-15(16(10-14)25(27)28)24-8-6-23(7-9-24)11-17-20-13(3)21-22-17/h4-5,10,12H,6-9,11H2,1-3H3,(H,19,26)(H,20,21,22). The minimum atomic E-state index is -0.426. The van der Waals surface area contributed by atoms with E-state index in [-0.39, 0.29) is 17.6 Å². The molecule has 2 aromatic rings. The molecule has 1 aromatic heterocycles. The van der Waals surface area contributed by atoms with Crippen molar-refractivity contribution in [1.29, 1.82) is 0 Å². The average Bonchev–Trinajstić information content (AvgIpc) is 3.06. The molecule has 0 aliphatic carbocycles. The number of carbonyl (C=O) groups is 1. The highest BCUT2D eigenvalue weighted by molar-refractivity contribution is 5.96. The van der Waals surface area contributed by atoms with Crippen molar-refractivity contribution in [3.63, 3.8) is 0 Å². The van der Waals surface area contributed by atoms with Gasteiger partial charge in [-0.3, -0.25) is 24.9 Å². The van der Waals surface area contributed by atoms with E-state index >= 15 is 0 Å². The van der Waals surface area contributed by atoms with Crippen LogP contribution in [0.2, 0.25) is 0 Å². The normalized spacial score (nSPS) is 15.1. The number of rotatable bonds is 6. The summed E-state index contributed by atoms with van der Waals surface area (Å²) in [6, 6.07) is 4.63. The summed E-state index contributed by atoms with van der Waals surface area (Å²) in [5.41, 5.74) is 0.789. The number of piperazine rings is 1. The molecule has 0 spiro atoms. The van der Waals surface area contributed by atoms with E-state index in [4.69, 9.17) is 0 Å². The van der Waals surface area contributed by atoms with Gasteiger partial charge < -0.3 is 10.2 Å². The molecule has 0 unspecified atom stereocenters. The van der Waals surface area contributed by atoms with Gasteiger partial charge in [0.25, 0.3) is 11.6 Å². The largest absolute Gasteiger partial charge is 0.363 e. The Labute approximate surface area is 163 Å². The lowest BCUT2D eigenvalue weighted by atomic mass is 10.1. The minimum absolute atomic E-state index is 0.0351. The predicted octanol–water partition coefficient (Wildman–Crippen LogP) is 1.48. The smallest absolute Gasteiger partial charge is 0.293 e. The van der Waals surface area contributed by atoms with Crippen molar-refractivity contribution >= 4 is 17.3 Å². The molecule has 0 bridgehead atoms. The Morgan fingerprint density at radius 2 is 2.04 bits per heavy atom. The van der Waals surface area contributed by atoms with Crippen molar-refractivity contribution in [2.45, 2.75) is 33.4 Å². The van der Waals surface area contributed by atoms with E-state index in [9.17, 15) is 14.9 Å². The number of aromatic amines is 1. The number of hydrogen-bond acceptors (Lipinski definition) is 7. The molecule has 1 fully saturated rings. The molecule has 2 heterocycles. The van der Waals surface area contributed by atoms with Gasteiger partial charge in [0.2, 0.25) is 0 Å². The highest BCUT2D eigenvalue weighted by Crippen LogP contribution is 2.30. The lowest BCUT2D eigenvalue weighted by Gasteiger charge is -2.35. The number of H-pyrrole nitrogens is 1. The number of anilines is 1. The van der Waals surface area contributed by atoms with Gasteiger partial charge in [0, 0.05) is 43.9 Å². The Morgan fingerprint density at radius 3 is 2.61 bits per heavy atom. The highest BCUT2D eigenvalue weighted by atomic mass is 16.6. The van der Waals surface area contributed by atoms with Crippen molar-refractivity contribution < 1.29 is 9.72 Å². The summed E-state index contributed by atoms with van der Waals surface area (Å²) in [6.45, 7) is 9.01. The third-order valence-corrected chi connectivity index (χ3v) is 4.58. The molecule has 1 aliphatic rings. The number of hydrogen-bond donors (Lipinski definition) is 2. The maximum absolute atomic E-state index is 12.2. The Bertz CT molecular complexity index is 857. The Kier molecular flexibility index (Phi) is 5.88. The summed E-state index contributed by atoms with van der Waals surface area (Å²) < 4.78 is 0. The predicted molar refractivity (Wildman–Crippen MR) is 104 cm³/mol. The van der Waals surface area contributed by atoms with E-state index in [1.807, 2.05) is 25.7 Å². The molecule has 28 heavy (non-hydrogen) atoms. The number of aromatic nitrogens is 3. The molecule has 0 saturated carbocycles. The molecule has 10 nitrogen and oxygen atoms in total. The van der Waals surface area contributed by atoms with Gasteiger partial charge in [-0.05, 0) is 32.9 Å². The fourth-order valence-corrected chi connectivity index (χ4v) is 3.23. The first-order valence-electron chi connectivity index (χ1n) is 9.28. The van der Waals surface area contributed by atoms with Crippen LogP contribution in [0.25, 0.3) is 0 Å². The van der Waals surface area contributed by atoms with Crippen molar-refractivity contribution in [3.05, 3.63) is 45.5 Å². The first kappa shape index (κ1) is 19.7. The molecular weight excluding hydrogens is 362 g/mol. The molecule has 10 heteroatoms. The van der Waals surface area contributed by atoms with Gasteiger partial charge in [0.15, 0.2) is 5.82 Å². The third-order valence-electron chi connectivity index (χ3n) is 4.58. The zero-order valence-electron chi connectivity index (χ0n) is 16.3. The van der Waals surface area contributed by atoms with Crippen LogP contribution in [-0.2, 0) is 6.54 Å². The van der Waals surface area contributed by atoms with Crippen LogP contribution >= 0.6 is 0 Å². The van der Waals surface area contributed by atoms with E-state index < -0.39 is 4.92 Å². The van der Waals surface area contributed by atoms with Crippen molar-refractivity contribution in [2.75, 3.05) is 31.1 Å². The molecule has 1 amide bonds. The monoisotopic (exact) mass is 387 g/mol. The van der Waals surface area contributed by atoms with Crippen LogP contribution in [0.15, 0.2) is 18.2 Å². The molecule has 0 atom stereocenters. The summed E-state index contributed by atoms with van der Waals surface area (Å²) in [5.74, 6) is 1.22. The van der Waals surface area contributed by atoms with Gasteiger partial charge in [-0.1, -0.05) is 0 Å². The molecular formula is C18H25N7O3. The van der Waals surface area contributed by atoms with Crippen LogP contribution in [0.3, 0.4) is 0 Å². The molecule has 0 radical (unpaired) electrons. The van der Waals surface area contributed by atoms with Gasteiger partial charge in [-0.2, -0.15) is 5.10 Å². The number of nitrogens with one attached hydrogen (secondary N) is 2. The lowest BCUT2D eigenvalue weighted by molar-refractivity contribution is -0.384.